The fraction of sp³-hybridized carbons (Fsp3) is 0.606. The third kappa shape index (κ3) is 4.93. The van der Waals surface area contributed by atoms with Crippen molar-refractivity contribution in [2.45, 2.75) is 89.6 Å². The average molecular weight is 566 g/mol. The summed E-state index contributed by atoms with van der Waals surface area (Å²) in [6.45, 7) is 19.8. The first-order valence-corrected chi connectivity index (χ1v) is 14.9. The highest BCUT2D eigenvalue weighted by Crippen LogP contribution is 2.64. The van der Waals surface area contributed by atoms with E-state index >= 15 is 0 Å². The van der Waals surface area contributed by atoms with Gasteiger partial charge < -0.3 is 24.5 Å². The zero-order valence-corrected chi connectivity index (χ0v) is 25.5. The van der Waals surface area contributed by atoms with Crippen molar-refractivity contribution in [2.75, 3.05) is 24.6 Å². The van der Waals surface area contributed by atoms with E-state index in [1.165, 1.54) is 0 Å². The van der Waals surface area contributed by atoms with Gasteiger partial charge in [0.15, 0.2) is 0 Å². The lowest BCUT2D eigenvalue weighted by Gasteiger charge is -2.44. The van der Waals surface area contributed by atoms with E-state index in [1.807, 2.05) is 71.9 Å². The minimum Gasteiger partial charge on any atom is -0.394 e. The maximum absolute atomic E-state index is 14.7. The van der Waals surface area contributed by atoms with E-state index in [2.05, 4.69) is 13.2 Å². The number of ether oxygens (including phenoxy) is 1. The number of aliphatic hydroxyl groups excluding tert-OH is 1. The number of fused-ring (bicyclic) bond motifs is 1. The topological polar surface area (TPSA) is 90.4 Å². The number of amides is 3. The molecule has 1 spiro atoms. The first kappa shape index (κ1) is 31.0. The molecular weight excluding hydrogens is 518 g/mol. The highest BCUT2D eigenvalue weighted by atomic mass is 16.5. The quantitative estimate of drug-likeness (QED) is 0.407. The molecule has 1 aromatic carbocycles. The molecule has 3 aliphatic rings. The highest BCUT2D eigenvalue weighted by molar-refractivity contribution is 6.03. The van der Waals surface area contributed by atoms with Gasteiger partial charge in [0.25, 0.3) is 0 Å². The summed E-state index contributed by atoms with van der Waals surface area (Å²) in [7, 11) is 0. The van der Waals surface area contributed by atoms with Crippen LogP contribution in [0.2, 0.25) is 0 Å². The van der Waals surface area contributed by atoms with Crippen LogP contribution in [-0.4, -0.2) is 81.1 Å². The van der Waals surface area contributed by atoms with Gasteiger partial charge in [0.1, 0.15) is 11.6 Å². The van der Waals surface area contributed by atoms with E-state index in [-0.39, 0.29) is 36.8 Å². The monoisotopic (exact) mass is 565 g/mol. The minimum atomic E-state index is -1.18. The molecule has 3 amide bonds. The molecule has 1 N–H and O–H groups in total. The Morgan fingerprint density at radius 3 is 2.32 bits per heavy atom. The Morgan fingerprint density at radius 2 is 1.78 bits per heavy atom. The van der Waals surface area contributed by atoms with Crippen molar-refractivity contribution < 1.29 is 24.2 Å². The molecule has 0 saturated carbocycles. The molecule has 1 aromatic rings. The lowest BCUT2D eigenvalue weighted by molar-refractivity contribution is -0.159. The van der Waals surface area contributed by atoms with Gasteiger partial charge in [-0.2, -0.15) is 0 Å². The number of hydrogen-bond acceptors (Lipinski definition) is 5. The fourth-order valence-corrected chi connectivity index (χ4v) is 7.39. The van der Waals surface area contributed by atoms with Gasteiger partial charge in [0, 0.05) is 24.3 Å². The van der Waals surface area contributed by atoms with Crippen molar-refractivity contribution in [1.82, 2.24) is 9.80 Å². The van der Waals surface area contributed by atoms with Crippen LogP contribution in [0.15, 0.2) is 55.6 Å². The number of anilines is 1. The summed E-state index contributed by atoms with van der Waals surface area (Å²) in [5.74, 6) is -2.44. The number of hydrogen-bond donors (Lipinski definition) is 1. The molecule has 8 heteroatoms. The van der Waals surface area contributed by atoms with Crippen molar-refractivity contribution in [3.8, 4) is 0 Å². The third-order valence-electron chi connectivity index (χ3n) is 9.59. The van der Waals surface area contributed by atoms with Gasteiger partial charge in [0.05, 0.1) is 30.1 Å². The Balaban J connectivity index is 1.88. The summed E-state index contributed by atoms with van der Waals surface area (Å²) in [4.78, 5) is 48.8. The van der Waals surface area contributed by atoms with E-state index in [1.54, 1.807) is 26.9 Å². The molecule has 224 valence electrons. The van der Waals surface area contributed by atoms with E-state index < -0.39 is 40.7 Å². The maximum Gasteiger partial charge on any atom is 0.249 e. The second-order valence-electron chi connectivity index (χ2n) is 13.1. The average Bonchev–Trinajstić information content (AvgIpc) is 3.50. The molecule has 8 nitrogen and oxygen atoms in total. The van der Waals surface area contributed by atoms with Crippen LogP contribution in [0.5, 0.6) is 0 Å². The number of rotatable bonds is 11. The highest BCUT2D eigenvalue weighted by Gasteiger charge is 2.79. The molecule has 2 bridgehead atoms. The second-order valence-corrected chi connectivity index (χ2v) is 13.1. The Bertz CT molecular complexity index is 1180. The predicted octanol–water partition coefficient (Wildman–Crippen LogP) is 4.19. The van der Waals surface area contributed by atoms with Crippen LogP contribution < -0.4 is 4.90 Å². The number of carbonyl (C=O) groups excluding carboxylic acids is 3. The third-order valence-corrected chi connectivity index (χ3v) is 9.59. The molecule has 2 unspecified atom stereocenters. The van der Waals surface area contributed by atoms with Gasteiger partial charge in [0.2, 0.25) is 17.7 Å². The largest absolute Gasteiger partial charge is 0.394 e. The molecule has 7 atom stereocenters. The summed E-state index contributed by atoms with van der Waals surface area (Å²) in [5.41, 5.74) is -1.92. The number of nitrogens with zero attached hydrogens (tertiary/aromatic N) is 3. The van der Waals surface area contributed by atoms with E-state index in [4.69, 9.17) is 4.74 Å². The van der Waals surface area contributed by atoms with Crippen LogP contribution in [0.4, 0.5) is 5.69 Å². The molecule has 0 aliphatic carbocycles. The fourth-order valence-electron chi connectivity index (χ4n) is 7.39. The molecular formula is C33H47N3O5. The molecule has 3 saturated heterocycles. The van der Waals surface area contributed by atoms with Gasteiger partial charge >= 0.3 is 0 Å². The number of carbonyl (C=O) groups is 3. The van der Waals surface area contributed by atoms with E-state index in [0.717, 1.165) is 0 Å². The number of para-hydroxylation sites is 1. The van der Waals surface area contributed by atoms with Crippen LogP contribution >= 0.6 is 0 Å². The number of benzene rings is 1. The van der Waals surface area contributed by atoms with Crippen LogP contribution in [0.25, 0.3) is 0 Å². The van der Waals surface area contributed by atoms with Gasteiger partial charge in [-0.05, 0) is 58.6 Å². The first-order chi connectivity index (χ1) is 19.3. The van der Waals surface area contributed by atoms with Crippen molar-refractivity contribution in [1.29, 1.82) is 0 Å². The van der Waals surface area contributed by atoms with Gasteiger partial charge in [-0.3, -0.25) is 14.4 Å². The Kier molecular flexibility index (Phi) is 8.59. The minimum absolute atomic E-state index is 0.0690. The standard InChI is InChI=1S/C33H47N3O5/c1-9-19-34(23-15-13-12-14-16-23)28(38)25-26-29(39)36(24(21-37)22(4)11-3)27(33(26)18-17-32(25,8)41-33)30(40)35(20-10-2)31(5,6)7/h9-10,12-16,22,24-27,37H,1-2,11,17-21H2,3-8H3/t22-,24-,25+,26-,27?,32-,33?/m0/s1. The lowest BCUT2D eigenvalue weighted by atomic mass is 9.66. The summed E-state index contributed by atoms with van der Waals surface area (Å²) in [5, 5.41) is 10.6. The van der Waals surface area contributed by atoms with Crippen LogP contribution in [-0.2, 0) is 19.1 Å². The van der Waals surface area contributed by atoms with Crippen LogP contribution in [0, 0.1) is 17.8 Å². The number of likely N-dealkylation sites (tertiary alicyclic amines) is 1. The lowest BCUT2D eigenvalue weighted by Crippen LogP contribution is -2.62. The summed E-state index contributed by atoms with van der Waals surface area (Å²) in [6, 6.07) is 7.81. The molecule has 3 heterocycles. The Hall–Kier alpha value is -2.97. The molecule has 4 rings (SSSR count). The van der Waals surface area contributed by atoms with Gasteiger partial charge in [-0.25, -0.2) is 0 Å². The van der Waals surface area contributed by atoms with Crippen molar-refractivity contribution in [2.24, 2.45) is 17.8 Å². The predicted molar refractivity (Wildman–Crippen MR) is 160 cm³/mol. The van der Waals surface area contributed by atoms with E-state index in [0.29, 0.717) is 31.5 Å². The zero-order chi connectivity index (χ0) is 30.3. The van der Waals surface area contributed by atoms with Gasteiger partial charge in [-0.15, -0.1) is 13.2 Å². The smallest absolute Gasteiger partial charge is 0.249 e. The van der Waals surface area contributed by atoms with E-state index in [9.17, 15) is 19.5 Å². The first-order valence-electron chi connectivity index (χ1n) is 14.9. The molecule has 41 heavy (non-hydrogen) atoms. The normalized spacial score (nSPS) is 30.1. The van der Waals surface area contributed by atoms with Crippen molar-refractivity contribution in [3.63, 3.8) is 0 Å². The SMILES string of the molecule is C=CCN(C(=O)[C@H]1[C@H]2C(=O)N([C@@H](CO)[C@@H](C)CC)C(C(=O)N(CC=C)C(C)(C)C)C23CC[C@]1(C)O3)c1ccccc1. The Morgan fingerprint density at radius 1 is 1.15 bits per heavy atom. The zero-order valence-electron chi connectivity index (χ0n) is 25.5. The molecule has 3 fully saturated rings. The summed E-state index contributed by atoms with van der Waals surface area (Å²) < 4.78 is 6.86. The van der Waals surface area contributed by atoms with Gasteiger partial charge in [-0.1, -0.05) is 50.6 Å². The summed E-state index contributed by atoms with van der Waals surface area (Å²) >= 11 is 0. The molecule has 0 aromatic heterocycles. The molecule has 0 radical (unpaired) electrons. The second kappa shape index (κ2) is 11.4. The van der Waals surface area contributed by atoms with Crippen LogP contribution in [0.1, 0.15) is 60.8 Å². The molecule has 3 aliphatic heterocycles. The van der Waals surface area contributed by atoms with Crippen molar-refractivity contribution in [3.05, 3.63) is 55.6 Å². The van der Waals surface area contributed by atoms with Crippen LogP contribution in [0.3, 0.4) is 0 Å². The Labute approximate surface area is 245 Å². The summed E-state index contributed by atoms with van der Waals surface area (Å²) in [6.07, 6.45) is 5.10. The van der Waals surface area contributed by atoms with Crippen molar-refractivity contribution >= 4 is 23.4 Å². The number of aliphatic hydroxyl groups is 1. The maximum atomic E-state index is 14.7.